The van der Waals surface area contributed by atoms with Crippen LogP contribution in [0.5, 0.6) is 0 Å². The van der Waals surface area contributed by atoms with E-state index in [0.717, 1.165) is 75.5 Å². The number of carbonyl (C=O) groups is 2. The third-order valence-electron chi connectivity index (χ3n) is 10.5. The van der Waals surface area contributed by atoms with Crippen LogP contribution >= 0.6 is 0 Å². The van der Waals surface area contributed by atoms with Crippen LogP contribution in [0.4, 0.5) is 11.4 Å². The van der Waals surface area contributed by atoms with Gasteiger partial charge in [0.15, 0.2) is 15.9 Å². The van der Waals surface area contributed by atoms with Crippen molar-refractivity contribution >= 4 is 33.0 Å². The molecule has 0 fully saturated rings. The summed E-state index contributed by atoms with van der Waals surface area (Å²) in [6.45, 7) is 3.57. The smallest absolute Gasteiger partial charge is 0.251 e. The summed E-state index contributed by atoms with van der Waals surface area (Å²) in [5.74, 6) is -0.904. The topological polar surface area (TPSA) is 218 Å². The Hall–Kier alpha value is -3.47. The van der Waals surface area contributed by atoms with E-state index in [-0.39, 0.29) is 24.2 Å². The van der Waals surface area contributed by atoms with E-state index in [1.54, 1.807) is 6.07 Å². The van der Waals surface area contributed by atoms with Gasteiger partial charge in [0.1, 0.15) is 18.3 Å². The quantitative estimate of drug-likeness (QED) is 0.0587. The van der Waals surface area contributed by atoms with Crippen molar-refractivity contribution < 1.29 is 38.4 Å². The third kappa shape index (κ3) is 13.3. The number of hydrogen-bond donors (Lipinski definition) is 7. The molecule has 1 heterocycles. The minimum atomic E-state index is -3.58. The van der Waals surface area contributed by atoms with Gasteiger partial charge in [-0.25, -0.2) is 8.42 Å². The van der Waals surface area contributed by atoms with Gasteiger partial charge in [-0.15, -0.1) is 4.91 Å². The molecule has 0 saturated carbocycles. The molecule has 2 amide bonds. The van der Waals surface area contributed by atoms with Crippen molar-refractivity contribution in [2.75, 3.05) is 43.2 Å². The highest BCUT2D eigenvalue weighted by Crippen LogP contribution is 2.40. The monoisotopic (exact) mass is 789 g/mol. The molecule has 2 aromatic carbocycles. The van der Waals surface area contributed by atoms with Gasteiger partial charge in [-0.1, -0.05) is 82.5 Å². The van der Waals surface area contributed by atoms with E-state index in [9.17, 15) is 38.2 Å². The second kappa shape index (κ2) is 22.3. The van der Waals surface area contributed by atoms with E-state index < -0.39 is 52.2 Å². The number of anilines is 2. The van der Waals surface area contributed by atoms with Crippen molar-refractivity contribution in [3.63, 3.8) is 0 Å². The highest BCUT2D eigenvalue weighted by atomic mass is 32.2. The van der Waals surface area contributed by atoms with Crippen LogP contribution in [0.15, 0.2) is 52.5 Å². The lowest BCUT2D eigenvalue weighted by Gasteiger charge is -2.36. The average Bonchev–Trinajstić information content (AvgIpc) is 3.27. The minimum absolute atomic E-state index is 0.0278. The number of carbonyl (C=O) groups excluding carboxylic acids is 2. The standard InChI is InChI=1S/C40H63N5O9S/c1-5-7-22-40(6-2)27-55(53,54)33-21-20-30(45(3)4)25-31(33)35(43-40)28-17-16-18-29(24-28)42-34(48)19-14-12-10-8-9-11-13-15-23-41-39(51)36(44-52)38(50)37(49)32(47)26-46/h16-18,20-21,24-25,32,35-38,43,46-47,49-50H,5-15,19,22-23,26-27H2,1-4H3,(H,41,51)(H,42,48)/t32-,35+,36+,37+,38+,40-/m1/s1. The van der Waals surface area contributed by atoms with E-state index in [1.807, 2.05) is 62.3 Å². The highest BCUT2D eigenvalue weighted by molar-refractivity contribution is 7.91. The molecule has 0 aromatic heterocycles. The molecule has 14 nitrogen and oxygen atoms in total. The van der Waals surface area contributed by atoms with Gasteiger partial charge in [0.05, 0.1) is 23.3 Å². The molecule has 2 aromatic rings. The predicted octanol–water partition coefficient (Wildman–Crippen LogP) is 4.33. The van der Waals surface area contributed by atoms with Gasteiger partial charge >= 0.3 is 0 Å². The van der Waals surface area contributed by atoms with Crippen LogP contribution in [-0.2, 0) is 19.4 Å². The molecule has 0 radical (unpaired) electrons. The molecular formula is C40H63N5O9S. The SMILES string of the molecule is CCCC[C@]1(CC)CS(=O)(=O)c2ccc(N(C)C)cc2[C@H](c2cccc(NC(=O)CCCCCCCCCCNC(=O)[C@@H](N=O)[C@H](O)[C@@H](O)[C@H](O)CO)c2)N1. The van der Waals surface area contributed by atoms with Gasteiger partial charge in [-0.3, -0.25) is 14.9 Å². The number of benzene rings is 2. The number of nitrogens with one attached hydrogen (secondary N) is 3. The van der Waals surface area contributed by atoms with Crippen LogP contribution in [0.1, 0.15) is 114 Å². The van der Waals surface area contributed by atoms with Crippen LogP contribution in [0, 0.1) is 4.91 Å². The zero-order chi connectivity index (χ0) is 40.6. The fourth-order valence-corrected chi connectivity index (χ4v) is 9.21. The van der Waals surface area contributed by atoms with Crippen LogP contribution in [0.2, 0.25) is 0 Å². The van der Waals surface area contributed by atoms with Gasteiger partial charge in [0.2, 0.25) is 5.91 Å². The van der Waals surface area contributed by atoms with E-state index in [0.29, 0.717) is 35.4 Å². The van der Waals surface area contributed by atoms with Crippen molar-refractivity contribution in [3.05, 3.63) is 58.5 Å². The number of amides is 2. The molecule has 3 rings (SSSR count). The van der Waals surface area contributed by atoms with E-state index >= 15 is 0 Å². The minimum Gasteiger partial charge on any atom is -0.394 e. The highest BCUT2D eigenvalue weighted by Gasteiger charge is 2.42. The zero-order valence-corrected chi connectivity index (χ0v) is 33.7. The Balaban J connectivity index is 1.47. The maximum Gasteiger partial charge on any atom is 0.251 e. The Kier molecular flexibility index (Phi) is 18.6. The molecule has 7 N–H and O–H groups in total. The molecule has 55 heavy (non-hydrogen) atoms. The van der Waals surface area contributed by atoms with Gasteiger partial charge in [-0.2, -0.15) is 0 Å². The Bertz CT molecular complexity index is 1640. The van der Waals surface area contributed by atoms with Crippen LogP contribution in [0.25, 0.3) is 0 Å². The second-order valence-electron chi connectivity index (χ2n) is 15.0. The number of fused-ring (bicyclic) bond motifs is 1. The fourth-order valence-electron chi connectivity index (χ4n) is 7.09. The lowest BCUT2D eigenvalue weighted by atomic mass is 9.88. The third-order valence-corrected chi connectivity index (χ3v) is 12.5. The first-order chi connectivity index (χ1) is 26.2. The summed E-state index contributed by atoms with van der Waals surface area (Å²) in [5.41, 5.74) is 2.58. The molecule has 6 atom stereocenters. The lowest BCUT2D eigenvalue weighted by Crippen LogP contribution is -2.50. The first-order valence-electron chi connectivity index (χ1n) is 19.7. The average molecular weight is 790 g/mol. The molecule has 1 aliphatic heterocycles. The van der Waals surface area contributed by atoms with E-state index in [4.69, 9.17) is 5.11 Å². The molecule has 15 heteroatoms. The second-order valence-corrected chi connectivity index (χ2v) is 17.0. The summed E-state index contributed by atoms with van der Waals surface area (Å²) in [4.78, 5) is 38.5. The molecule has 0 bridgehead atoms. The summed E-state index contributed by atoms with van der Waals surface area (Å²) >= 11 is 0. The number of rotatable bonds is 24. The van der Waals surface area contributed by atoms with Gasteiger partial charge in [0, 0.05) is 44.0 Å². The van der Waals surface area contributed by atoms with Crippen molar-refractivity contribution in [2.45, 2.75) is 138 Å². The largest absolute Gasteiger partial charge is 0.394 e. The molecule has 0 saturated heterocycles. The summed E-state index contributed by atoms with van der Waals surface area (Å²) in [6, 6.07) is 11.0. The first kappa shape index (κ1) is 45.9. The van der Waals surface area contributed by atoms with Crippen molar-refractivity contribution in [3.8, 4) is 0 Å². The maximum absolute atomic E-state index is 13.9. The maximum atomic E-state index is 13.9. The van der Waals surface area contributed by atoms with E-state index in [1.165, 1.54) is 0 Å². The van der Waals surface area contributed by atoms with Crippen LogP contribution in [-0.4, -0.2) is 104 Å². The van der Waals surface area contributed by atoms with Gasteiger partial charge in [0.25, 0.3) is 5.91 Å². The van der Waals surface area contributed by atoms with Gasteiger partial charge in [-0.05, 0) is 67.1 Å². The van der Waals surface area contributed by atoms with Crippen LogP contribution < -0.4 is 20.9 Å². The normalized spacial score (nSPS) is 20.0. The molecule has 1 aliphatic rings. The number of sulfone groups is 1. The van der Waals surface area contributed by atoms with Crippen LogP contribution in [0.3, 0.4) is 0 Å². The number of unbranched alkanes of at least 4 members (excludes halogenated alkanes) is 8. The molecule has 0 spiro atoms. The number of nitrogens with zero attached hydrogens (tertiary/aromatic N) is 2. The number of hydrogen-bond acceptors (Lipinski definition) is 12. The van der Waals surface area contributed by atoms with Crippen molar-refractivity contribution in [2.24, 2.45) is 5.18 Å². The Morgan fingerprint density at radius 1 is 0.945 bits per heavy atom. The fraction of sp³-hybridized carbons (Fsp3) is 0.650. The Morgan fingerprint density at radius 3 is 2.24 bits per heavy atom. The van der Waals surface area contributed by atoms with Crippen molar-refractivity contribution in [1.82, 2.24) is 10.6 Å². The summed E-state index contributed by atoms with van der Waals surface area (Å²) < 4.78 is 27.8. The predicted molar refractivity (Wildman–Crippen MR) is 215 cm³/mol. The lowest BCUT2D eigenvalue weighted by molar-refractivity contribution is -0.131. The number of nitroso groups, excluding NO2 is 1. The first-order valence-corrected chi connectivity index (χ1v) is 21.3. The summed E-state index contributed by atoms with van der Waals surface area (Å²) in [7, 11) is 0.288. The Labute approximate surface area is 326 Å². The molecule has 0 unspecified atom stereocenters. The molecule has 0 aliphatic carbocycles. The zero-order valence-electron chi connectivity index (χ0n) is 32.9. The summed E-state index contributed by atoms with van der Waals surface area (Å²) in [5, 5.41) is 50.0. The molecular weight excluding hydrogens is 727 g/mol. The van der Waals surface area contributed by atoms with E-state index in [2.05, 4.69) is 28.1 Å². The van der Waals surface area contributed by atoms with Gasteiger partial charge < -0.3 is 36.0 Å². The molecule has 308 valence electrons. The number of aliphatic hydroxyl groups excluding tert-OH is 4. The van der Waals surface area contributed by atoms with Crippen molar-refractivity contribution in [1.29, 1.82) is 0 Å². The number of aliphatic hydroxyl groups is 4. The Morgan fingerprint density at radius 2 is 1.62 bits per heavy atom. The summed E-state index contributed by atoms with van der Waals surface area (Å²) in [6.07, 6.45) is 5.17.